The Labute approximate surface area is 112 Å². The van der Waals surface area contributed by atoms with Crippen LogP contribution in [0.2, 0.25) is 0 Å². The number of hydrogen-bond acceptors (Lipinski definition) is 4. The highest BCUT2D eigenvalue weighted by molar-refractivity contribution is 7.90. The van der Waals surface area contributed by atoms with Crippen LogP contribution in [0.1, 0.15) is 12.8 Å². The Kier molecular flexibility index (Phi) is 2.89. The molecule has 2 aromatic rings. The minimum atomic E-state index is -3.15. The topological polar surface area (TPSA) is 64.8 Å². The molecular weight excluding hydrogens is 262 g/mol. The van der Waals surface area contributed by atoms with E-state index in [-0.39, 0.29) is 0 Å². The summed E-state index contributed by atoms with van der Waals surface area (Å²) in [7, 11) is -3.15. The van der Waals surface area contributed by atoms with Gasteiger partial charge in [-0.25, -0.2) is 18.1 Å². The van der Waals surface area contributed by atoms with Crippen molar-refractivity contribution < 1.29 is 8.42 Å². The molecule has 1 aromatic carbocycles. The van der Waals surface area contributed by atoms with Crippen LogP contribution >= 0.6 is 0 Å². The van der Waals surface area contributed by atoms with E-state index in [4.69, 9.17) is 0 Å². The molecule has 1 saturated carbocycles. The van der Waals surface area contributed by atoms with Crippen molar-refractivity contribution in [2.24, 2.45) is 5.92 Å². The number of rotatable bonds is 4. The molecule has 0 bridgehead atoms. The Bertz CT molecular complexity index is 685. The van der Waals surface area contributed by atoms with Crippen molar-refractivity contribution in [3.63, 3.8) is 0 Å². The quantitative estimate of drug-likeness (QED) is 0.854. The second-order valence-corrected chi connectivity index (χ2v) is 7.02. The van der Waals surface area contributed by atoms with Gasteiger partial charge in [0.15, 0.2) is 15.7 Å². The number of sulfone groups is 1. The molecule has 1 aliphatic rings. The van der Waals surface area contributed by atoms with Gasteiger partial charge in [-0.2, -0.15) is 5.10 Å². The highest BCUT2D eigenvalue weighted by Gasteiger charge is 2.23. The third-order valence-corrected chi connectivity index (χ3v) is 4.41. The van der Waals surface area contributed by atoms with E-state index in [9.17, 15) is 8.42 Å². The first kappa shape index (κ1) is 12.3. The molecule has 100 valence electrons. The van der Waals surface area contributed by atoms with E-state index < -0.39 is 9.84 Å². The summed E-state index contributed by atoms with van der Waals surface area (Å²) in [5.74, 6) is 1.52. The van der Waals surface area contributed by atoms with Gasteiger partial charge in [-0.15, -0.1) is 0 Å². The van der Waals surface area contributed by atoms with E-state index in [1.165, 1.54) is 19.1 Å². The summed E-state index contributed by atoms with van der Waals surface area (Å²) in [5, 5.41) is 4.23. The lowest BCUT2D eigenvalue weighted by Gasteiger charge is -2.05. The molecule has 3 rings (SSSR count). The van der Waals surface area contributed by atoms with Gasteiger partial charge in [0.2, 0.25) is 0 Å². The first-order valence-corrected chi connectivity index (χ1v) is 8.11. The van der Waals surface area contributed by atoms with Crippen molar-refractivity contribution in [3.8, 4) is 11.4 Å². The second kappa shape index (κ2) is 4.45. The SMILES string of the molecule is CS(=O)(=O)c1ccc(-c2ncnn2CC2CC2)cc1. The van der Waals surface area contributed by atoms with Gasteiger partial charge < -0.3 is 0 Å². The van der Waals surface area contributed by atoms with Crippen molar-refractivity contribution in [3.05, 3.63) is 30.6 Å². The number of benzene rings is 1. The second-order valence-electron chi connectivity index (χ2n) is 5.01. The molecule has 5 nitrogen and oxygen atoms in total. The third kappa shape index (κ3) is 2.68. The first-order valence-electron chi connectivity index (χ1n) is 6.22. The molecule has 0 atom stereocenters. The number of aromatic nitrogens is 3. The average Bonchev–Trinajstić information content (AvgIpc) is 3.05. The fourth-order valence-electron chi connectivity index (χ4n) is 2.02. The summed E-state index contributed by atoms with van der Waals surface area (Å²) in [5.41, 5.74) is 0.894. The van der Waals surface area contributed by atoms with Crippen LogP contribution in [-0.2, 0) is 16.4 Å². The Hall–Kier alpha value is -1.69. The Morgan fingerprint density at radius 2 is 1.95 bits per heavy atom. The minimum absolute atomic E-state index is 0.324. The van der Waals surface area contributed by atoms with Crippen LogP contribution in [0.15, 0.2) is 35.5 Å². The maximum absolute atomic E-state index is 11.4. The Balaban J connectivity index is 1.91. The van der Waals surface area contributed by atoms with Crippen LogP contribution in [0.25, 0.3) is 11.4 Å². The van der Waals surface area contributed by atoms with Crippen molar-refractivity contribution in [1.82, 2.24) is 14.8 Å². The highest BCUT2D eigenvalue weighted by atomic mass is 32.2. The predicted molar refractivity (Wildman–Crippen MR) is 71.3 cm³/mol. The summed E-state index contributed by atoms with van der Waals surface area (Å²) < 4.78 is 24.7. The van der Waals surface area contributed by atoms with Gasteiger partial charge in [-0.1, -0.05) is 0 Å². The third-order valence-electron chi connectivity index (χ3n) is 3.28. The number of nitrogens with zero attached hydrogens (tertiary/aromatic N) is 3. The van der Waals surface area contributed by atoms with Gasteiger partial charge in [0.1, 0.15) is 6.33 Å². The molecule has 0 spiro atoms. The lowest BCUT2D eigenvalue weighted by molar-refractivity contribution is 0.568. The Morgan fingerprint density at radius 1 is 1.26 bits per heavy atom. The minimum Gasteiger partial charge on any atom is -0.246 e. The zero-order valence-electron chi connectivity index (χ0n) is 10.7. The van der Waals surface area contributed by atoms with Crippen LogP contribution in [0.5, 0.6) is 0 Å². The summed E-state index contributed by atoms with van der Waals surface area (Å²) in [4.78, 5) is 4.59. The molecule has 0 saturated heterocycles. The van der Waals surface area contributed by atoms with Gasteiger partial charge in [0.05, 0.1) is 4.90 Å². The standard InChI is InChI=1S/C13H15N3O2S/c1-19(17,18)12-6-4-11(5-7-12)13-14-9-15-16(13)8-10-2-3-10/h4-7,9-10H,2-3,8H2,1H3. The van der Waals surface area contributed by atoms with E-state index in [2.05, 4.69) is 10.1 Å². The molecule has 0 aliphatic heterocycles. The molecule has 19 heavy (non-hydrogen) atoms. The maximum Gasteiger partial charge on any atom is 0.175 e. The molecule has 6 heteroatoms. The normalized spacial score (nSPS) is 15.6. The van der Waals surface area contributed by atoms with Crippen LogP contribution in [0.4, 0.5) is 0 Å². The van der Waals surface area contributed by atoms with Crippen molar-refractivity contribution >= 4 is 9.84 Å². The molecule has 1 aliphatic carbocycles. The zero-order chi connectivity index (χ0) is 13.5. The van der Waals surface area contributed by atoms with Gasteiger partial charge in [-0.05, 0) is 43.0 Å². The lowest BCUT2D eigenvalue weighted by Crippen LogP contribution is -2.04. The van der Waals surface area contributed by atoms with Gasteiger partial charge in [-0.3, -0.25) is 0 Å². The highest BCUT2D eigenvalue weighted by Crippen LogP contribution is 2.31. The van der Waals surface area contributed by atoms with E-state index in [1.54, 1.807) is 30.6 Å². The summed E-state index contributed by atoms with van der Waals surface area (Å²) >= 11 is 0. The van der Waals surface area contributed by atoms with Crippen LogP contribution < -0.4 is 0 Å². The largest absolute Gasteiger partial charge is 0.246 e. The molecule has 1 aromatic heterocycles. The van der Waals surface area contributed by atoms with E-state index in [1.807, 2.05) is 4.68 Å². The molecule has 1 heterocycles. The lowest BCUT2D eigenvalue weighted by atomic mass is 10.2. The average molecular weight is 277 g/mol. The van der Waals surface area contributed by atoms with Crippen LogP contribution in [-0.4, -0.2) is 29.4 Å². The van der Waals surface area contributed by atoms with Crippen molar-refractivity contribution in [2.45, 2.75) is 24.3 Å². The van der Waals surface area contributed by atoms with Gasteiger partial charge in [0, 0.05) is 18.4 Å². The zero-order valence-corrected chi connectivity index (χ0v) is 11.5. The molecule has 0 amide bonds. The van der Waals surface area contributed by atoms with E-state index in [0.29, 0.717) is 4.90 Å². The van der Waals surface area contributed by atoms with E-state index >= 15 is 0 Å². The molecule has 1 fully saturated rings. The molecular formula is C13H15N3O2S. The van der Waals surface area contributed by atoms with Crippen molar-refractivity contribution in [1.29, 1.82) is 0 Å². The summed E-state index contributed by atoms with van der Waals surface area (Å²) in [6.07, 6.45) is 5.26. The fraction of sp³-hybridized carbons (Fsp3) is 0.385. The maximum atomic E-state index is 11.4. The van der Waals surface area contributed by atoms with Crippen LogP contribution in [0.3, 0.4) is 0 Å². The summed E-state index contributed by atoms with van der Waals surface area (Å²) in [6.45, 7) is 0.892. The first-order chi connectivity index (χ1) is 9.04. The summed E-state index contributed by atoms with van der Waals surface area (Å²) in [6, 6.07) is 6.79. The Morgan fingerprint density at radius 3 is 2.53 bits per heavy atom. The smallest absolute Gasteiger partial charge is 0.175 e. The van der Waals surface area contributed by atoms with Gasteiger partial charge >= 0.3 is 0 Å². The van der Waals surface area contributed by atoms with Gasteiger partial charge in [0.25, 0.3) is 0 Å². The van der Waals surface area contributed by atoms with Crippen LogP contribution in [0, 0.1) is 5.92 Å². The number of hydrogen-bond donors (Lipinski definition) is 0. The van der Waals surface area contributed by atoms with E-state index in [0.717, 1.165) is 23.9 Å². The fourth-order valence-corrected chi connectivity index (χ4v) is 2.65. The molecule has 0 radical (unpaired) electrons. The molecule has 0 N–H and O–H groups in total. The molecule has 0 unspecified atom stereocenters. The van der Waals surface area contributed by atoms with Crippen molar-refractivity contribution in [2.75, 3.05) is 6.26 Å². The predicted octanol–water partition coefficient (Wildman–Crippen LogP) is 1.76. The monoisotopic (exact) mass is 277 g/mol.